The minimum Gasteiger partial charge on any atom is -0.493 e. The summed E-state index contributed by atoms with van der Waals surface area (Å²) in [7, 11) is 0. The lowest BCUT2D eigenvalue weighted by molar-refractivity contribution is 0.233. The summed E-state index contributed by atoms with van der Waals surface area (Å²) in [5.41, 5.74) is 3.23. The first kappa shape index (κ1) is 22.7. The Balaban J connectivity index is 0.00000169. The average molecular weight is 401 g/mol. The van der Waals surface area contributed by atoms with Gasteiger partial charge in [-0.3, -0.25) is 4.90 Å². The third kappa shape index (κ3) is 6.76. The molecule has 3 nitrogen and oxygen atoms in total. The lowest BCUT2D eigenvalue weighted by Crippen LogP contribution is -2.42. The lowest BCUT2D eigenvalue weighted by Gasteiger charge is -2.27. The van der Waals surface area contributed by atoms with Gasteiger partial charge in [0.1, 0.15) is 11.6 Å². The zero-order chi connectivity index (χ0) is 16.8. The van der Waals surface area contributed by atoms with Crippen LogP contribution in [0.1, 0.15) is 16.7 Å². The molecule has 1 fully saturated rings. The van der Waals surface area contributed by atoms with Gasteiger partial charge in [-0.2, -0.15) is 0 Å². The smallest absolute Gasteiger partial charge is 0.126 e. The number of aryl methyl sites for hydroxylation is 1. The fraction of sp³-hybridized carbons (Fsp3) is 0.400. The molecule has 1 aliphatic rings. The zero-order valence-electron chi connectivity index (χ0n) is 15.0. The summed E-state index contributed by atoms with van der Waals surface area (Å²) in [4.78, 5) is 2.48. The topological polar surface area (TPSA) is 24.5 Å². The van der Waals surface area contributed by atoms with Gasteiger partial charge in [0.2, 0.25) is 0 Å². The third-order valence-electron chi connectivity index (χ3n) is 4.43. The van der Waals surface area contributed by atoms with Crippen molar-refractivity contribution in [1.29, 1.82) is 0 Å². The van der Waals surface area contributed by atoms with Gasteiger partial charge < -0.3 is 10.1 Å². The Morgan fingerprint density at radius 1 is 1.00 bits per heavy atom. The molecule has 3 rings (SSSR count). The average Bonchev–Trinajstić information content (AvgIpc) is 2.60. The van der Waals surface area contributed by atoms with Gasteiger partial charge in [-0.25, -0.2) is 4.39 Å². The lowest BCUT2D eigenvalue weighted by atomic mass is 10.1. The van der Waals surface area contributed by atoms with E-state index in [9.17, 15) is 4.39 Å². The van der Waals surface area contributed by atoms with E-state index in [4.69, 9.17) is 4.74 Å². The quantitative estimate of drug-likeness (QED) is 0.792. The first-order valence-electron chi connectivity index (χ1n) is 8.60. The van der Waals surface area contributed by atoms with E-state index in [1.807, 2.05) is 0 Å². The predicted octanol–water partition coefficient (Wildman–Crippen LogP) is 4.00. The molecule has 0 aliphatic carbocycles. The first-order valence-corrected chi connectivity index (χ1v) is 8.60. The second-order valence-electron chi connectivity index (χ2n) is 6.35. The van der Waals surface area contributed by atoms with Gasteiger partial charge in [-0.15, -0.1) is 24.8 Å². The van der Waals surface area contributed by atoms with Crippen LogP contribution in [0, 0.1) is 12.7 Å². The maximum Gasteiger partial charge on any atom is 0.126 e. The molecule has 1 heterocycles. The molecular weight excluding hydrogens is 374 g/mol. The fourth-order valence-corrected chi connectivity index (χ4v) is 2.93. The summed E-state index contributed by atoms with van der Waals surface area (Å²) < 4.78 is 18.9. The molecule has 26 heavy (non-hydrogen) atoms. The second kappa shape index (κ2) is 11.4. The van der Waals surface area contributed by atoms with Crippen LogP contribution in [0.15, 0.2) is 42.5 Å². The number of benzene rings is 2. The van der Waals surface area contributed by atoms with Crippen LogP contribution in [0.25, 0.3) is 0 Å². The summed E-state index contributed by atoms with van der Waals surface area (Å²) in [6.45, 7) is 7.77. The number of ether oxygens (including phenoxy) is 1. The van der Waals surface area contributed by atoms with E-state index in [0.29, 0.717) is 12.2 Å². The monoisotopic (exact) mass is 400 g/mol. The summed E-state index contributed by atoms with van der Waals surface area (Å²) in [6, 6.07) is 13.6. The van der Waals surface area contributed by atoms with Crippen LogP contribution in [-0.2, 0) is 13.0 Å². The molecule has 0 saturated carbocycles. The molecule has 0 atom stereocenters. The maximum absolute atomic E-state index is 13.2. The van der Waals surface area contributed by atoms with Gasteiger partial charge >= 0.3 is 0 Å². The van der Waals surface area contributed by atoms with Gasteiger partial charge in [-0.1, -0.05) is 24.3 Å². The Bertz CT molecular complexity index is 661. The highest BCUT2D eigenvalue weighted by Gasteiger charge is 2.09. The molecule has 2 aromatic carbocycles. The highest BCUT2D eigenvalue weighted by Crippen LogP contribution is 2.16. The van der Waals surface area contributed by atoms with Crippen LogP contribution in [0.2, 0.25) is 0 Å². The largest absolute Gasteiger partial charge is 0.493 e. The van der Waals surface area contributed by atoms with E-state index in [1.165, 1.54) is 17.2 Å². The van der Waals surface area contributed by atoms with Crippen molar-refractivity contribution >= 4 is 24.8 Å². The Hall–Kier alpha value is -1.33. The molecule has 6 heteroatoms. The maximum atomic E-state index is 13.2. The van der Waals surface area contributed by atoms with E-state index < -0.39 is 0 Å². The van der Waals surface area contributed by atoms with Gasteiger partial charge in [-0.05, 0) is 41.8 Å². The number of nitrogens with zero attached hydrogens (tertiary/aromatic N) is 1. The normalized spacial score (nSPS) is 14.2. The minimum atomic E-state index is -0.192. The molecular formula is C20H27Cl2FN2O. The van der Waals surface area contributed by atoms with Crippen LogP contribution >= 0.6 is 24.8 Å². The molecule has 0 bridgehead atoms. The number of rotatable bonds is 6. The van der Waals surface area contributed by atoms with Gasteiger partial charge in [0.05, 0.1) is 6.61 Å². The van der Waals surface area contributed by atoms with Crippen LogP contribution in [0.3, 0.4) is 0 Å². The van der Waals surface area contributed by atoms with Crippen molar-refractivity contribution in [3.05, 3.63) is 65.0 Å². The molecule has 0 aromatic heterocycles. The standard InChI is InChI=1S/C20H25FN2O.2ClH/c1-16-14-19(6-7-20(16)21)24-13-8-17-2-4-18(5-3-17)15-23-11-9-22-10-12-23;;/h2-7,14,22H,8-13,15H2,1H3;2*1H. The van der Waals surface area contributed by atoms with E-state index in [-0.39, 0.29) is 30.6 Å². The van der Waals surface area contributed by atoms with Crippen molar-refractivity contribution in [3.8, 4) is 5.75 Å². The Labute approximate surface area is 167 Å². The van der Waals surface area contributed by atoms with Crippen LogP contribution < -0.4 is 10.1 Å². The molecule has 0 unspecified atom stereocenters. The molecule has 1 saturated heterocycles. The molecule has 1 aliphatic heterocycles. The highest BCUT2D eigenvalue weighted by atomic mass is 35.5. The van der Waals surface area contributed by atoms with Crippen molar-refractivity contribution in [3.63, 3.8) is 0 Å². The third-order valence-corrected chi connectivity index (χ3v) is 4.43. The number of piperazine rings is 1. The van der Waals surface area contributed by atoms with Crippen molar-refractivity contribution in [2.24, 2.45) is 0 Å². The minimum absolute atomic E-state index is 0. The van der Waals surface area contributed by atoms with Crippen LogP contribution in [-0.4, -0.2) is 37.7 Å². The van der Waals surface area contributed by atoms with Gasteiger partial charge in [0, 0.05) is 39.1 Å². The summed E-state index contributed by atoms with van der Waals surface area (Å²) >= 11 is 0. The van der Waals surface area contributed by atoms with Gasteiger partial charge in [0.15, 0.2) is 0 Å². The van der Waals surface area contributed by atoms with Crippen molar-refractivity contribution in [1.82, 2.24) is 10.2 Å². The molecule has 0 radical (unpaired) electrons. The molecule has 144 valence electrons. The van der Waals surface area contributed by atoms with Crippen LogP contribution in [0.5, 0.6) is 5.75 Å². The second-order valence-corrected chi connectivity index (χ2v) is 6.35. The van der Waals surface area contributed by atoms with Crippen LogP contribution in [0.4, 0.5) is 4.39 Å². The zero-order valence-corrected chi connectivity index (χ0v) is 16.7. The molecule has 2 aromatic rings. The fourth-order valence-electron chi connectivity index (χ4n) is 2.93. The predicted molar refractivity (Wildman–Crippen MR) is 109 cm³/mol. The van der Waals surface area contributed by atoms with E-state index in [1.54, 1.807) is 19.1 Å². The molecule has 0 amide bonds. The molecule has 1 N–H and O–H groups in total. The van der Waals surface area contributed by atoms with E-state index >= 15 is 0 Å². The molecule has 0 spiro atoms. The van der Waals surface area contributed by atoms with Crippen molar-refractivity contribution in [2.75, 3.05) is 32.8 Å². The Kier molecular flexibility index (Phi) is 9.96. The highest BCUT2D eigenvalue weighted by molar-refractivity contribution is 5.85. The van der Waals surface area contributed by atoms with E-state index in [0.717, 1.165) is 44.9 Å². The Morgan fingerprint density at radius 3 is 2.31 bits per heavy atom. The summed E-state index contributed by atoms with van der Waals surface area (Å²) in [6.07, 6.45) is 0.852. The number of halogens is 3. The summed E-state index contributed by atoms with van der Waals surface area (Å²) in [5, 5.41) is 3.38. The number of hydrogen-bond acceptors (Lipinski definition) is 3. The van der Waals surface area contributed by atoms with Crippen molar-refractivity contribution in [2.45, 2.75) is 19.9 Å². The Morgan fingerprint density at radius 2 is 1.65 bits per heavy atom. The van der Waals surface area contributed by atoms with E-state index in [2.05, 4.69) is 34.5 Å². The van der Waals surface area contributed by atoms with Gasteiger partial charge in [0.25, 0.3) is 0 Å². The summed E-state index contributed by atoms with van der Waals surface area (Å²) in [5.74, 6) is 0.534. The number of hydrogen-bond donors (Lipinski definition) is 1. The van der Waals surface area contributed by atoms with Crippen molar-refractivity contribution < 1.29 is 9.13 Å². The SMILES string of the molecule is Cc1cc(OCCc2ccc(CN3CCNCC3)cc2)ccc1F.Cl.Cl. The number of nitrogens with one attached hydrogen (secondary N) is 1. The first-order chi connectivity index (χ1) is 11.7.